The molecule has 3 aromatic rings. The van der Waals surface area contributed by atoms with Gasteiger partial charge >= 0.3 is 6.03 Å². The molecule has 23 heavy (non-hydrogen) atoms. The molecule has 0 aliphatic carbocycles. The van der Waals surface area contributed by atoms with E-state index in [2.05, 4.69) is 20.8 Å². The van der Waals surface area contributed by atoms with E-state index in [1.807, 2.05) is 44.2 Å². The fraction of sp³-hybridized carbons (Fsp3) is 0.188. The zero-order valence-electron chi connectivity index (χ0n) is 12.7. The van der Waals surface area contributed by atoms with Gasteiger partial charge in [-0.2, -0.15) is 5.48 Å². The number of amides is 2. The van der Waals surface area contributed by atoms with Crippen molar-refractivity contribution in [1.29, 1.82) is 0 Å². The maximum Gasteiger partial charge on any atom is 0.348 e. The highest BCUT2D eigenvalue weighted by Crippen LogP contribution is 2.23. The van der Waals surface area contributed by atoms with Crippen molar-refractivity contribution < 1.29 is 9.63 Å². The molecule has 0 saturated heterocycles. The molecule has 0 saturated carbocycles. The molecule has 6 nitrogen and oxygen atoms in total. The molecule has 2 heterocycles. The summed E-state index contributed by atoms with van der Waals surface area (Å²) in [4.78, 5) is 25.8. The molecule has 0 bridgehead atoms. The van der Waals surface area contributed by atoms with Crippen molar-refractivity contribution in [2.45, 2.75) is 19.4 Å². The van der Waals surface area contributed by atoms with Crippen molar-refractivity contribution in [3.8, 4) is 5.75 Å². The van der Waals surface area contributed by atoms with E-state index >= 15 is 0 Å². The van der Waals surface area contributed by atoms with Crippen LogP contribution in [-0.2, 0) is 5.54 Å². The lowest BCUT2D eigenvalue weighted by molar-refractivity contribution is 0.169. The minimum absolute atomic E-state index is 0.440. The molecule has 7 heteroatoms. The number of hydrogen-bond acceptors (Lipinski definition) is 5. The second-order valence-corrected chi connectivity index (χ2v) is 6.37. The highest BCUT2D eigenvalue weighted by molar-refractivity contribution is 7.16. The van der Waals surface area contributed by atoms with Crippen LogP contribution >= 0.6 is 11.3 Å². The van der Waals surface area contributed by atoms with Crippen LogP contribution in [0.5, 0.6) is 5.75 Å². The third-order valence-corrected chi connectivity index (χ3v) is 4.09. The summed E-state index contributed by atoms with van der Waals surface area (Å²) in [7, 11) is 0. The minimum atomic E-state index is -0.615. The van der Waals surface area contributed by atoms with Gasteiger partial charge in [-0.05, 0) is 38.1 Å². The topological polar surface area (TPSA) is 76.1 Å². The normalized spacial score (nSPS) is 11.2. The Labute approximate surface area is 137 Å². The predicted molar refractivity (Wildman–Crippen MR) is 89.2 cm³/mol. The monoisotopic (exact) mass is 328 g/mol. The van der Waals surface area contributed by atoms with Crippen molar-refractivity contribution >= 4 is 27.6 Å². The van der Waals surface area contributed by atoms with Crippen LogP contribution in [0.25, 0.3) is 10.2 Å². The van der Waals surface area contributed by atoms with Gasteiger partial charge in [-0.3, -0.25) is 4.98 Å². The van der Waals surface area contributed by atoms with E-state index in [-0.39, 0.29) is 0 Å². The Morgan fingerprint density at radius 1 is 1.22 bits per heavy atom. The molecule has 0 spiro atoms. The van der Waals surface area contributed by atoms with Gasteiger partial charge < -0.3 is 10.2 Å². The molecule has 0 aliphatic rings. The van der Waals surface area contributed by atoms with Crippen LogP contribution in [-0.4, -0.2) is 16.0 Å². The molecule has 0 unspecified atom stereocenters. The molecule has 2 aromatic heterocycles. The lowest BCUT2D eigenvalue weighted by atomic mass is 10.0. The number of urea groups is 1. The summed E-state index contributed by atoms with van der Waals surface area (Å²) in [5.74, 6) is 0.549. The summed E-state index contributed by atoms with van der Waals surface area (Å²) < 4.78 is 0.999. The number of hydrogen-bond donors (Lipinski definition) is 2. The average molecular weight is 328 g/mol. The van der Waals surface area contributed by atoms with Crippen LogP contribution in [0, 0.1) is 0 Å². The van der Waals surface area contributed by atoms with E-state index in [9.17, 15) is 4.79 Å². The number of hydroxylamine groups is 1. The molecule has 118 valence electrons. The first-order valence-corrected chi connectivity index (χ1v) is 7.92. The largest absolute Gasteiger partial charge is 0.378 e. The second kappa shape index (κ2) is 6.21. The quantitative estimate of drug-likeness (QED) is 0.721. The van der Waals surface area contributed by atoms with Gasteiger partial charge in [0.1, 0.15) is 0 Å². The van der Waals surface area contributed by atoms with Gasteiger partial charge in [0.15, 0.2) is 5.75 Å². The predicted octanol–water partition coefficient (Wildman–Crippen LogP) is 3.22. The van der Waals surface area contributed by atoms with E-state index in [1.54, 1.807) is 17.8 Å². The third-order valence-electron chi connectivity index (χ3n) is 3.30. The van der Waals surface area contributed by atoms with Gasteiger partial charge in [-0.15, -0.1) is 11.3 Å². The van der Waals surface area contributed by atoms with E-state index in [4.69, 9.17) is 4.84 Å². The van der Waals surface area contributed by atoms with Crippen LogP contribution in [0.1, 0.15) is 19.5 Å². The van der Waals surface area contributed by atoms with E-state index in [0.717, 1.165) is 15.9 Å². The molecular weight excluding hydrogens is 312 g/mol. The molecule has 2 amide bonds. The number of rotatable bonds is 4. The van der Waals surface area contributed by atoms with Crippen molar-refractivity contribution in [2.75, 3.05) is 0 Å². The number of nitrogens with zero attached hydrogens (tertiary/aromatic N) is 2. The molecule has 2 N–H and O–H groups in total. The summed E-state index contributed by atoms with van der Waals surface area (Å²) >= 11 is 1.52. The molecule has 3 rings (SSSR count). The van der Waals surface area contributed by atoms with Crippen molar-refractivity contribution in [3.63, 3.8) is 0 Å². The van der Waals surface area contributed by atoms with Crippen LogP contribution in [0.2, 0.25) is 0 Å². The van der Waals surface area contributed by atoms with Crippen molar-refractivity contribution in [3.05, 3.63) is 53.8 Å². The Bertz CT molecular complexity index is 817. The van der Waals surface area contributed by atoms with E-state index in [0.29, 0.717) is 5.75 Å². The molecule has 0 radical (unpaired) electrons. The minimum Gasteiger partial charge on any atom is -0.378 e. The highest BCUT2D eigenvalue weighted by Gasteiger charge is 2.24. The number of carbonyl (C=O) groups excluding carboxylic acids is 1. The van der Waals surface area contributed by atoms with Gasteiger partial charge in [0, 0.05) is 12.3 Å². The summed E-state index contributed by atoms with van der Waals surface area (Å²) in [5, 5.41) is 2.83. The highest BCUT2D eigenvalue weighted by atomic mass is 32.1. The Morgan fingerprint density at radius 3 is 2.87 bits per heavy atom. The Hall–Kier alpha value is -2.67. The van der Waals surface area contributed by atoms with Gasteiger partial charge in [0.05, 0.1) is 27.0 Å². The number of fused-ring (bicyclic) bond motifs is 1. The van der Waals surface area contributed by atoms with Crippen LogP contribution < -0.4 is 15.6 Å². The van der Waals surface area contributed by atoms with Crippen LogP contribution in [0.3, 0.4) is 0 Å². The third kappa shape index (κ3) is 3.57. The van der Waals surface area contributed by atoms with Crippen LogP contribution in [0.4, 0.5) is 4.79 Å². The first-order valence-electron chi connectivity index (χ1n) is 7.04. The SMILES string of the molecule is CC(C)(NC(=O)NOc1ccc2ncsc2c1)c1ccccn1. The Kier molecular flexibility index (Phi) is 4.12. The zero-order valence-corrected chi connectivity index (χ0v) is 13.6. The van der Waals surface area contributed by atoms with Crippen molar-refractivity contribution in [1.82, 2.24) is 20.8 Å². The van der Waals surface area contributed by atoms with E-state index in [1.165, 1.54) is 11.3 Å². The van der Waals surface area contributed by atoms with Crippen LogP contribution in [0.15, 0.2) is 48.1 Å². The second-order valence-electron chi connectivity index (χ2n) is 5.48. The van der Waals surface area contributed by atoms with Crippen molar-refractivity contribution in [2.24, 2.45) is 0 Å². The first kappa shape index (κ1) is 15.2. The van der Waals surface area contributed by atoms with E-state index < -0.39 is 11.6 Å². The Morgan fingerprint density at radius 2 is 2.09 bits per heavy atom. The summed E-state index contributed by atoms with van der Waals surface area (Å²) in [5.41, 5.74) is 5.21. The maximum absolute atomic E-state index is 12.0. The fourth-order valence-corrected chi connectivity index (χ4v) is 2.82. The maximum atomic E-state index is 12.0. The fourth-order valence-electron chi connectivity index (χ4n) is 2.11. The smallest absolute Gasteiger partial charge is 0.348 e. The first-order chi connectivity index (χ1) is 11.0. The van der Waals surface area contributed by atoms with Gasteiger partial charge in [0.2, 0.25) is 0 Å². The molecule has 0 fully saturated rings. The number of carbonyl (C=O) groups is 1. The Balaban J connectivity index is 1.61. The van der Waals surface area contributed by atoms with Gasteiger partial charge in [-0.25, -0.2) is 9.78 Å². The lowest BCUT2D eigenvalue weighted by Crippen LogP contribution is -2.47. The van der Waals surface area contributed by atoms with Gasteiger partial charge in [-0.1, -0.05) is 6.07 Å². The lowest BCUT2D eigenvalue weighted by Gasteiger charge is -2.25. The summed E-state index contributed by atoms with van der Waals surface area (Å²) in [6.45, 7) is 3.75. The number of aromatic nitrogens is 2. The zero-order chi connectivity index (χ0) is 16.3. The number of nitrogens with one attached hydrogen (secondary N) is 2. The number of pyridine rings is 1. The number of benzene rings is 1. The summed E-state index contributed by atoms with van der Waals surface area (Å²) in [6, 6.07) is 10.6. The standard InChI is InChI=1S/C16H16N4O2S/c1-16(2,14-5-3-4-8-17-14)19-15(21)20-22-11-6-7-12-13(9-11)23-10-18-12/h3-10H,1-2H3,(H2,19,20,21). The molecule has 1 aromatic carbocycles. The van der Waals surface area contributed by atoms with Gasteiger partial charge in [0.25, 0.3) is 0 Å². The number of thiazole rings is 1. The average Bonchev–Trinajstić information content (AvgIpc) is 3.01. The molecule has 0 atom stereocenters. The summed E-state index contributed by atoms with van der Waals surface area (Å²) in [6.07, 6.45) is 1.69. The molecular formula is C16H16N4O2S. The molecule has 0 aliphatic heterocycles.